The molecule has 1 saturated carbocycles. The molecular weight excluding hydrogens is 348 g/mol. The third kappa shape index (κ3) is 5.23. The highest BCUT2D eigenvalue weighted by molar-refractivity contribution is 6.30. The molecule has 1 saturated heterocycles. The third-order valence-corrected chi connectivity index (χ3v) is 5.92. The fourth-order valence-electron chi connectivity index (χ4n) is 4.13. The number of hydrogen-bond acceptors (Lipinski definition) is 2. The molecule has 0 bridgehead atoms. The van der Waals surface area contributed by atoms with Gasteiger partial charge in [-0.05, 0) is 37.0 Å². The molecule has 0 unspecified atom stereocenters. The highest BCUT2D eigenvalue weighted by Crippen LogP contribution is 2.27. The van der Waals surface area contributed by atoms with E-state index in [1.807, 2.05) is 29.2 Å². The van der Waals surface area contributed by atoms with Crippen LogP contribution in [0.3, 0.4) is 0 Å². The maximum atomic E-state index is 12.5. The number of hydrogen-bond donors (Lipinski definition) is 1. The van der Waals surface area contributed by atoms with E-state index < -0.39 is 0 Å². The first-order valence-electron chi connectivity index (χ1n) is 9.95. The first-order chi connectivity index (χ1) is 12.6. The van der Waals surface area contributed by atoms with Crippen LogP contribution in [0, 0.1) is 5.92 Å². The second-order valence-corrected chi connectivity index (χ2v) is 8.05. The van der Waals surface area contributed by atoms with Gasteiger partial charge in [0.1, 0.15) is 0 Å². The van der Waals surface area contributed by atoms with Gasteiger partial charge in [0.15, 0.2) is 0 Å². The summed E-state index contributed by atoms with van der Waals surface area (Å²) in [5.74, 6) is -0.0211. The Morgan fingerprint density at radius 1 is 1.08 bits per heavy atom. The Labute approximate surface area is 161 Å². The first-order valence-corrected chi connectivity index (χ1v) is 10.3. The minimum absolute atomic E-state index is 0.0145. The third-order valence-electron chi connectivity index (χ3n) is 5.67. The van der Waals surface area contributed by atoms with Gasteiger partial charge >= 0.3 is 0 Å². The van der Waals surface area contributed by atoms with Crippen molar-refractivity contribution in [2.45, 2.75) is 63.8 Å². The van der Waals surface area contributed by atoms with E-state index in [0.717, 1.165) is 29.8 Å². The summed E-state index contributed by atoms with van der Waals surface area (Å²) >= 11 is 5.89. The van der Waals surface area contributed by atoms with Crippen molar-refractivity contribution in [3.05, 3.63) is 34.9 Å². The zero-order valence-electron chi connectivity index (χ0n) is 15.4. The quantitative estimate of drug-likeness (QED) is 0.845. The molecule has 1 aliphatic carbocycles. The molecule has 1 heterocycles. The smallest absolute Gasteiger partial charge is 0.225 e. The molecule has 1 aromatic carbocycles. The van der Waals surface area contributed by atoms with E-state index in [0.29, 0.717) is 25.6 Å². The molecule has 0 aromatic heterocycles. The molecule has 1 aliphatic heterocycles. The largest absolute Gasteiger partial charge is 0.355 e. The van der Waals surface area contributed by atoms with E-state index in [1.54, 1.807) is 0 Å². The van der Waals surface area contributed by atoms with Crippen molar-refractivity contribution in [1.29, 1.82) is 0 Å². The Morgan fingerprint density at radius 3 is 2.42 bits per heavy atom. The maximum absolute atomic E-state index is 12.5. The van der Waals surface area contributed by atoms with Crippen LogP contribution in [-0.2, 0) is 16.0 Å². The van der Waals surface area contributed by atoms with Crippen molar-refractivity contribution in [2.24, 2.45) is 5.92 Å². The average molecular weight is 377 g/mol. The lowest BCUT2D eigenvalue weighted by Crippen LogP contribution is -2.39. The first kappa shape index (κ1) is 19.2. The molecule has 2 fully saturated rings. The van der Waals surface area contributed by atoms with Crippen molar-refractivity contribution in [3.8, 4) is 0 Å². The summed E-state index contributed by atoms with van der Waals surface area (Å²) in [6, 6.07) is 8.02. The molecule has 0 radical (unpaired) electrons. The normalized spacial score (nSPS) is 22.1. The lowest BCUT2D eigenvalue weighted by Gasteiger charge is -2.29. The summed E-state index contributed by atoms with van der Waals surface area (Å²) in [6.45, 7) is 1.19. The zero-order chi connectivity index (χ0) is 18.4. The summed E-state index contributed by atoms with van der Waals surface area (Å²) in [4.78, 5) is 26.9. The second-order valence-electron chi connectivity index (χ2n) is 7.61. The van der Waals surface area contributed by atoms with Crippen molar-refractivity contribution in [3.63, 3.8) is 0 Å². The molecule has 1 N–H and O–H groups in total. The van der Waals surface area contributed by atoms with E-state index in [-0.39, 0.29) is 17.7 Å². The monoisotopic (exact) mass is 376 g/mol. The van der Waals surface area contributed by atoms with E-state index in [4.69, 9.17) is 11.6 Å². The summed E-state index contributed by atoms with van der Waals surface area (Å²) in [5.41, 5.74) is 1.15. The predicted molar refractivity (Wildman–Crippen MR) is 104 cm³/mol. The van der Waals surface area contributed by atoms with E-state index >= 15 is 0 Å². The van der Waals surface area contributed by atoms with Gasteiger partial charge in [0.25, 0.3) is 0 Å². The van der Waals surface area contributed by atoms with Gasteiger partial charge in [0.2, 0.25) is 11.8 Å². The van der Waals surface area contributed by atoms with Crippen LogP contribution in [0.2, 0.25) is 5.02 Å². The van der Waals surface area contributed by atoms with Gasteiger partial charge in [-0.3, -0.25) is 9.59 Å². The number of likely N-dealkylation sites (tertiary alicyclic amines) is 1. The van der Waals surface area contributed by atoms with Crippen molar-refractivity contribution in [1.82, 2.24) is 10.2 Å². The molecule has 4 nitrogen and oxygen atoms in total. The summed E-state index contributed by atoms with van der Waals surface area (Å²) in [5, 5.41) is 3.72. The van der Waals surface area contributed by atoms with Gasteiger partial charge in [0.05, 0.1) is 5.92 Å². The number of nitrogens with one attached hydrogen (secondary N) is 1. The van der Waals surface area contributed by atoms with Crippen LogP contribution in [0.4, 0.5) is 0 Å². The van der Waals surface area contributed by atoms with Crippen LogP contribution in [0.5, 0.6) is 0 Å². The van der Waals surface area contributed by atoms with Crippen LogP contribution in [-0.4, -0.2) is 35.8 Å². The number of carbonyl (C=O) groups excluding carboxylic acids is 2. The number of amides is 2. The fourth-order valence-corrected chi connectivity index (χ4v) is 4.26. The van der Waals surface area contributed by atoms with Crippen LogP contribution >= 0.6 is 11.6 Å². The van der Waals surface area contributed by atoms with Crippen LogP contribution in [0.25, 0.3) is 0 Å². The minimum atomic E-state index is -0.196. The lowest BCUT2D eigenvalue weighted by molar-refractivity contribution is -0.130. The second kappa shape index (κ2) is 9.40. The topological polar surface area (TPSA) is 49.4 Å². The Bertz CT molecular complexity index is 609. The van der Waals surface area contributed by atoms with Gasteiger partial charge in [-0.2, -0.15) is 0 Å². The summed E-state index contributed by atoms with van der Waals surface area (Å²) in [7, 11) is 0. The highest BCUT2D eigenvalue weighted by Gasteiger charge is 2.37. The van der Waals surface area contributed by atoms with Crippen molar-refractivity contribution in [2.75, 3.05) is 13.1 Å². The molecule has 142 valence electrons. The van der Waals surface area contributed by atoms with Gasteiger partial charge in [-0.25, -0.2) is 0 Å². The van der Waals surface area contributed by atoms with Crippen LogP contribution in [0.15, 0.2) is 24.3 Å². The number of nitrogens with zero attached hydrogens (tertiary/aromatic N) is 1. The Kier molecular flexibility index (Phi) is 6.95. The summed E-state index contributed by atoms with van der Waals surface area (Å²) in [6.07, 6.45) is 9.59. The maximum Gasteiger partial charge on any atom is 0.225 e. The van der Waals surface area contributed by atoms with Gasteiger partial charge < -0.3 is 10.2 Å². The average Bonchev–Trinajstić information content (AvgIpc) is 2.98. The van der Waals surface area contributed by atoms with Gasteiger partial charge in [-0.15, -0.1) is 0 Å². The number of carbonyl (C=O) groups is 2. The molecule has 1 aromatic rings. The Morgan fingerprint density at radius 2 is 1.73 bits per heavy atom. The van der Waals surface area contributed by atoms with Gasteiger partial charge in [-0.1, -0.05) is 55.8 Å². The molecule has 0 spiro atoms. The Hall–Kier alpha value is -1.55. The SMILES string of the molecule is O=C(NCCc1ccc(Cl)cc1)[C@@H]1CC(=O)N(C2CCCCCCC2)C1. The lowest BCUT2D eigenvalue weighted by atomic mass is 9.96. The Balaban J connectivity index is 1.46. The van der Waals surface area contributed by atoms with E-state index in [2.05, 4.69) is 5.32 Å². The molecule has 3 rings (SSSR count). The predicted octanol–water partition coefficient (Wildman–Crippen LogP) is 3.96. The number of benzene rings is 1. The molecule has 5 heteroatoms. The standard InChI is InChI=1S/C21H29ClN2O2/c22-18-10-8-16(9-11-18)12-13-23-21(26)17-14-20(25)24(15-17)19-6-4-2-1-3-5-7-19/h8-11,17,19H,1-7,12-15H2,(H,23,26)/t17-/m1/s1. The minimum Gasteiger partial charge on any atom is -0.355 e. The van der Waals surface area contributed by atoms with Crippen molar-refractivity contribution < 1.29 is 9.59 Å². The molecule has 26 heavy (non-hydrogen) atoms. The highest BCUT2D eigenvalue weighted by atomic mass is 35.5. The fraction of sp³-hybridized carbons (Fsp3) is 0.619. The van der Waals surface area contributed by atoms with Gasteiger partial charge in [0, 0.05) is 30.6 Å². The van der Waals surface area contributed by atoms with Crippen LogP contribution < -0.4 is 5.32 Å². The van der Waals surface area contributed by atoms with E-state index in [1.165, 1.54) is 32.1 Å². The molecule has 2 aliphatic rings. The zero-order valence-corrected chi connectivity index (χ0v) is 16.1. The van der Waals surface area contributed by atoms with E-state index in [9.17, 15) is 9.59 Å². The van der Waals surface area contributed by atoms with Crippen LogP contribution in [0.1, 0.15) is 56.9 Å². The molecule has 2 amide bonds. The number of rotatable bonds is 5. The number of halogens is 1. The molecular formula is C21H29ClN2O2. The summed E-state index contributed by atoms with van der Waals surface area (Å²) < 4.78 is 0. The van der Waals surface area contributed by atoms with Crippen molar-refractivity contribution >= 4 is 23.4 Å². The molecule has 1 atom stereocenters.